The molecule has 0 saturated heterocycles. The van der Waals surface area contributed by atoms with Gasteiger partial charge < -0.3 is 0 Å². The molecule has 0 aromatic carbocycles. The summed E-state index contributed by atoms with van der Waals surface area (Å²) in [6, 6.07) is 4.49. The third-order valence-corrected chi connectivity index (χ3v) is 4.05. The molecule has 1 fully saturated rings. The van der Waals surface area contributed by atoms with E-state index in [-0.39, 0.29) is 5.41 Å². The maximum Gasteiger partial charge on any atom is 0.0655 e. The van der Waals surface area contributed by atoms with E-state index in [2.05, 4.69) is 44.9 Å². The van der Waals surface area contributed by atoms with E-state index in [1.54, 1.807) is 0 Å². The monoisotopic (exact) mass is 216 g/mol. The number of rotatable bonds is 0. The van der Waals surface area contributed by atoms with Crippen molar-refractivity contribution in [2.75, 3.05) is 7.05 Å². The lowest BCUT2D eigenvalue weighted by Crippen LogP contribution is -2.25. The lowest BCUT2D eigenvalue weighted by molar-refractivity contribution is 0.243. The number of aromatic nitrogens is 1. The Bertz CT molecular complexity index is 439. The van der Waals surface area contributed by atoms with Gasteiger partial charge in [0.05, 0.1) is 11.2 Å². The normalized spacial score (nSPS) is 22.5. The van der Waals surface area contributed by atoms with Crippen molar-refractivity contribution in [2.45, 2.75) is 51.1 Å². The summed E-state index contributed by atoms with van der Waals surface area (Å²) in [5.74, 6) is 0. The fraction of sp³-hybridized carbons (Fsp3) is 0.643. The van der Waals surface area contributed by atoms with Crippen molar-refractivity contribution < 1.29 is 0 Å². The zero-order chi connectivity index (χ0) is 11.6. The first-order valence-electron chi connectivity index (χ1n) is 6.16. The first kappa shape index (κ1) is 10.3. The van der Waals surface area contributed by atoms with E-state index >= 15 is 0 Å². The summed E-state index contributed by atoms with van der Waals surface area (Å²) in [4.78, 5) is 7.42. The Morgan fingerprint density at radius 2 is 1.94 bits per heavy atom. The first-order valence-corrected chi connectivity index (χ1v) is 6.16. The van der Waals surface area contributed by atoms with Crippen LogP contribution in [-0.4, -0.2) is 16.9 Å². The molecule has 0 amide bonds. The topological polar surface area (TPSA) is 16.1 Å². The quantitative estimate of drug-likeness (QED) is 0.663. The average Bonchev–Trinajstić information content (AvgIpc) is 2.92. The van der Waals surface area contributed by atoms with Crippen LogP contribution in [0.3, 0.4) is 0 Å². The zero-order valence-corrected chi connectivity index (χ0v) is 10.7. The van der Waals surface area contributed by atoms with Crippen LogP contribution >= 0.6 is 0 Å². The van der Waals surface area contributed by atoms with Gasteiger partial charge in [-0.25, -0.2) is 0 Å². The predicted octanol–water partition coefficient (Wildman–Crippen LogP) is 2.81. The van der Waals surface area contributed by atoms with Gasteiger partial charge in [0.1, 0.15) is 0 Å². The Balaban J connectivity index is 2.10. The van der Waals surface area contributed by atoms with E-state index < -0.39 is 0 Å². The molecule has 1 aromatic heterocycles. The fourth-order valence-electron chi connectivity index (χ4n) is 2.76. The van der Waals surface area contributed by atoms with Crippen LogP contribution in [0.15, 0.2) is 12.1 Å². The summed E-state index contributed by atoms with van der Waals surface area (Å²) < 4.78 is 0. The molecule has 1 saturated carbocycles. The zero-order valence-electron chi connectivity index (χ0n) is 10.7. The molecule has 3 rings (SSSR count). The van der Waals surface area contributed by atoms with Gasteiger partial charge in [-0.2, -0.15) is 0 Å². The lowest BCUT2D eigenvalue weighted by atomic mass is 9.91. The molecule has 2 heterocycles. The maximum absolute atomic E-state index is 4.95. The minimum absolute atomic E-state index is 0.159. The molecule has 0 N–H and O–H groups in total. The van der Waals surface area contributed by atoms with Crippen LogP contribution in [0.5, 0.6) is 0 Å². The van der Waals surface area contributed by atoms with Crippen molar-refractivity contribution >= 4 is 0 Å². The molecular formula is C14H20N2. The van der Waals surface area contributed by atoms with Crippen LogP contribution in [0.4, 0.5) is 0 Å². The van der Waals surface area contributed by atoms with Crippen molar-refractivity contribution in [1.29, 1.82) is 0 Å². The predicted molar refractivity (Wildman–Crippen MR) is 65.3 cm³/mol. The molecule has 2 heteroatoms. The molecule has 1 aromatic rings. The van der Waals surface area contributed by atoms with Crippen LogP contribution in [0, 0.1) is 0 Å². The SMILES string of the molecule is CN1Cc2ccc(C(C)(C)C)nc2C12CC2. The highest BCUT2D eigenvalue weighted by molar-refractivity contribution is 5.39. The molecule has 0 radical (unpaired) electrons. The van der Waals surface area contributed by atoms with Gasteiger partial charge in [0.15, 0.2) is 0 Å². The lowest BCUT2D eigenvalue weighted by Gasteiger charge is -2.21. The minimum atomic E-state index is 0.159. The molecule has 16 heavy (non-hydrogen) atoms. The molecule has 86 valence electrons. The van der Waals surface area contributed by atoms with Crippen LogP contribution < -0.4 is 0 Å². The Kier molecular flexibility index (Phi) is 1.84. The van der Waals surface area contributed by atoms with E-state index in [1.807, 2.05) is 0 Å². The summed E-state index contributed by atoms with van der Waals surface area (Å²) >= 11 is 0. The first-order chi connectivity index (χ1) is 7.43. The van der Waals surface area contributed by atoms with Crippen molar-refractivity contribution in [3.8, 4) is 0 Å². The van der Waals surface area contributed by atoms with Gasteiger partial charge in [-0.3, -0.25) is 9.88 Å². The third-order valence-electron chi connectivity index (χ3n) is 4.05. The second kappa shape index (κ2) is 2.86. The highest BCUT2D eigenvalue weighted by atomic mass is 15.2. The maximum atomic E-state index is 4.95. The van der Waals surface area contributed by atoms with E-state index in [4.69, 9.17) is 4.98 Å². The molecule has 0 atom stereocenters. The second-order valence-electron chi connectivity index (χ2n) is 6.34. The van der Waals surface area contributed by atoms with Gasteiger partial charge in [-0.1, -0.05) is 26.8 Å². The van der Waals surface area contributed by atoms with Gasteiger partial charge in [-0.05, 0) is 31.5 Å². The van der Waals surface area contributed by atoms with E-state index in [0.29, 0.717) is 5.54 Å². The van der Waals surface area contributed by atoms with Crippen LogP contribution in [0.25, 0.3) is 0 Å². The highest BCUT2D eigenvalue weighted by Gasteiger charge is 2.54. The van der Waals surface area contributed by atoms with E-state index in [9.17, 15) is 0 Å². The number of hydrogen-bond acceptors (Lipinski definition) is 2. The molecule has 1 aliphatic carbocycles. The number of fused-ring (bicyclic) bond motifs is 2. The largest absolute Gasteiger partial charge is 0.291 e. The van der Waals surface area contributed by atoms with Crippen LogP contribution in [0.2, 0.25) is 0 Å². The molecule has 1 aliphatic heterocycles. The molecular weight excluding hydrogens is 196 g/mol. The smallest absolute Gasteiger partial charge is 0.0655 e. The Morgan fingerprint density at radius 1 is 1.25 bits per heavy atom. The van der Waals surface area contributed by atoms with E-state index in [0.717, 1.165) is 6.54 Å². The number of nitrogens with zero attached hydrogens (tertiary/aromatic N) is 2. The number of pyridine rings is 1. The van der Waals surface area contributed by atoms with Crippen LogP contribution in [0.1, 0.15) is 50.6 Å². The van der Waals surface area contributed by atoms with Gasteiger partial charge in [-0.15, -0.1) is 0 Å². The summed E-state index contributed by atoms with van der Waals surface area (Å²) in [5.41, 5.74) is 4.51. The van der Waals surface area contributed by atoms with Crippen molar-refractivity contribution in [3.05, 3.63) is 29.1 Å². The van der Waals surface area contributed by atoms with Crippen molar-refractivity contribution in [3.63, 3.8) is 0 Å². The molecule has 0 bridgehead atoms. The summed E-state index contributed by atoms with van der Waals surface area (Å²) in [5, 5.41) is 0. The average molecular weight is 216 g/mol. The highest BCUT2D eigenvalue weighted by Crippen LogP contribution is 2.55. The molecule has 0 unspecified atom stereocenters. The minimum Gasteiger partial charge on any atom is -0.291 e. The van der Waals surface area contributed by atoms with Crippen molar-refractivity contribution in [1.82, 2.24) is 9.88 Å². The summed E-state index contributed by atoms with van der Waals surface area (Å²) in [6.45, 7) is 7.78. The molecule has 1 spiro atoms. The molecule has 2 nitrogen and oxygen atoms in total. The van der Waals surface area contributed by atoms with Gasteiger partial charge >= 0.3 is 0 Å². The molecule has 2 aliphatic rings. The second-order valence-corrected chi connectivity index (χ2v) is 6.34. The van der Waals surface area contributed by atoms with Crippen molar-refractivity contribution in [2.24, 2.45) is 0 Å². The number of hydrogen-bond donors (Lipinski definition) is 0. The van der Waals surface area contributed by atoms with Gasteiger partial charge in [0, 0.05) is 17.7 Å². The van der Waals surface area contributed by atoms with Gasteiger partial charge in [0.2, 0.25) is 0 Å². The Labute approximate surface area is 97.7 Å². The Hall–Kier alpha value is -0.890. The summed E-state index contributed by atoms with van der Waals surface area (Å²) in [6.07, 6.45) is 2.58. The fourth-order valence-corrected chi connectivity index (χ4v) is 2.76. The van der Waals surface area contributed by atoms with Crippen LogP contribution in [-0.2, 0) is 17.5 Å². The summed E-state index contributed by atoms with van der Waals surface area (Å²) in [7, 11) is 2.23. The van der Waals surface area contributed by atoms with E-state index in [1.165, 1.54) is 29.8 Å². The van der Waals surface area contributed by atoms with Gasteiger partial charge in [0.25, 0.3) is 0 Å². The Morgan fingerprint density at radius 3 is 2.50 bits per heavy atom. The standard InChI is InChI=1S/C14H20N2/c1-13(2,3)11-6-5-10-9-16(4)14(7-8-14)12(10)15-11/h5-6H,7-9H2,1-4H3. The third kappa shape index (κ3) is 1.26.